The fraction of sp³-hybridized carbons (Fsp3) is 0.233. The molecule has 1 aliphatic heterocycles. The van der Waals surface area contributed by atoms with Crippen LogP contribution in [0.4, 0.5) is 0 Å². The number of rotatable bonds is 6. The summed E-state index contributed by atoms with van der Waals surface area (Å²) in [6, 6.07) is 20.7. The fourth-order valence-electron chi connectivity index (χ4n) is 4.98. The van der Waals surface area contributed by atoms with Gasteiger partial charge >= 0.3 is 0 Å². The van der Waals surface area contributed by atoms with Crippen LogP contribution in [-0.2, 0) is 4.79 Å². The summed E-state index contributed by atoms with van der Waals surface area (Å²) in [6.07, 6.45) is 7.84. The minimum Gasteiger partial charge on any atom is -0.497 e. The van der Waals surface area contributed by atoms with E-state index in [0.717, 1.165) is 53.2 Å². The smallest absolute Gasteiger partial charge is 0.285 e. The maximum Gasteiger partial charge on any atom is 0.285 e. The minimum absolute atomic E-state index is 0.0131. The number of benzene rings is 2. The van der Waals surface area contributed by atoms with Crippen molar-refractivity contribution in [3.8, 4) is 17.6 Å². The normalized spacial score (nSPS) is 20.2. The second-order valence-electron chi connectivity index (χ2n) is 8.98. The summed E-state index contributed by atoms with van der Waals surface area (Å²) in [5, 5.41) is 16.2. The first-order chi connectivity index (χ1) is 18.1. The molecule has 7 heteroatoms. The third-order valence-electron chi connectivity index (χ3n) is 6.80. The largest absolute Gasteiger partial charge is 0.497 e. The number of furan rings is 1. The number of carbonyl (C=O) groups is 1. The molecule has 37 heavy (non-hydrogen) atoms. The predicted octanol–water partition coefficient (Wildman–Crippen LogP) is 6.03. The summed E-state index contributed by atoms with van der Waals surface area (Å²) in [6.45, 7) is 0. The van der Waals surface area contributed by atoms with Gasteiger partial charge in [-0.1, -0.05) is 24.3 Å². The van der Waals surface area contributed by atoms with Gasteiger partial charge in [0, 0.05) is 12.0 Å². The van der Waals surface area contributed by atoms with Gasteiger partial charge in [-0.05, 0) is 78.4 Å². The lowest BCUT2D eigenvalue weighted by Crippen LogP contribution is -2.32. The first-order valence-electron chi connectivity index (χ1n) is 12.2. The number of allylic oxidation sites excluding steroid dienone is 1. The van der Waals surface area contributed by atoms with Gasteiger partial charge in [0.05, 0.1) is 32.2 Å². The van der Waals surface area contributed by atoms with Gasteiger partial charge in [0.15, 0.2) is 0 Å². The first-order valence-corrected chi connectivity index (χ1v) is 12.2. The van der Waals surface area contributed by atoms with Gasteiger partial charge < -0.3 is 13.9 Å². The Bertz CT molecular complexity index is 1390. The van der Waals surface area contributed by atoms with Crippen LogP contribution in [0.1, 0.15) is 42.2 Å². The van der Waals surface area contributed by atoms with E-state index in [0.29, 0.717) is 5.76 Å². The van der Waals surface area contributed by atoms with Crippen molar-refractivity contribution in [2.24, 2.45) is 11.0 Å². The summed E-state index contributed by atoms with van der Waals surface area (Å²) >= 11 is 0. The molecule has 1 saturated carbocycles. The van der Waals surface area contributed by atoms with Crippen LogP contribution in [0.15, 0.2) is 87.6 Å². The van der Waals surface area contributed by atoms with Crippen molar-refractivity contribution in [1.82, 2.24) is 5.01 Å². The minimum atomic E-state index is -0.453. The Morgan fingerprint density at radius 2 is 1.78 bits per heavy atom. The van der Waals surface area contributed by atoms with Crippen LogP contribution < -0.4 is 9.47 Å². The Kier molecular flexibility index (Phi) is 6.91. The summed E-state index contributed by atoms with van der Waals surface area (Å²) in [5.41, 5.74) is 3.95. The second kappa shape index (κ2) is 10.6. The molecule has 1 aliphatic carbocycles. The van der Waals surface area contributed by atoms with Gasteiger partial charge in [-0.3, -0.25) is 4.79 Å². The maximum absolute atomic E-state index is 13.7. The molecular weight excluding hydrogens is 466 g/mol. The molecule has 2 heterocycles. The highest BCUT2D eigenvalue weighted by Gasteiger charge is 2.44. The van der Waals surface area contributed by atoms with Crippen LogP contribution in [0.3, 0.4) is 0 Å². The molecule has 3 aromatic rings. The van der Waals surface area contributed by atoms with E-state index in [1.54, 1.807) is 26.4 Å². The Labute approximate surface area is 215 Å². The molecule has 2 aliphatic rings. The Morgan fingerprint density at radius 3 is 2.41 bits per heavy atom. The van der Waals surface area contributed by atoms with E-state index in [1.165, 1.54) is 17.3 Å². The summed E-state index contributed by atoms with van der Waals surface area (Å²) in [7, 11) is 3.27. The molecule has 1 amide bonds. The lowest BCUT2D eigenvalue weighted by molar-refractivity contribution is -0.129. The highest BCUT2D eigenvalue weighted by Crippen LogP contribution is 2.45. The number of carbonyl (C=O) groups excluding carboxylic acids is 1. The average Bonchev–Trinajstić information content (AvgIpc) is 3.60. The van der Waals surface area contributed by atoms with Gasteiger partial charge in [0.1, 0.15) is 28.9 Å². The highest BCUT2D eigenvalue weighted by molar-refractivity contribution is 6.10. The molecule has 0 bridgehead atoms. The number of fused-ring (bicyclic) bond motifs is 1. The van der Waals surface area contributed by atoms with Crippen molar-refractivity contribution in [2.45, 2.75) is 25.3 Å². The number of hydrazone groups is 1. The van der Waals surface area contributed by atoms with Crippen molar-refractivity contribution in [1.29, 1.82) is 5.26 Å². The molecule has 7 nitrogen and oxygen atoms in total. The van der Waals surface area contributed by atoms with Crippen molar-refractivity contribution in [3.63, 3.8) is 0 Å². The standard InChI is InChI=1S/C30H27N3O4/c1-35-24-12-8-20(9-13-24)17-22-5-3-7-27-28(22)32-33(29(27)21-10-14-25(36-2)15-11-21)30(34)23(19-31)18-26-6-4-16-37-26/h4,6,8-18,27,29H,3,5,7H2,1-2H3/b22-17+,23-18+/t27-,29-/m0/s1. The SMILES string of the molecule is COc1ccc(/C=C2\CCC[C@H]3C2=NN(C(=O)/C(C#N)=C/c2ccco2)[C@H]3c2ccc(OC)cc2)cc1. The van der Waals surface area contributed by atoms with E-state index in [9.17, 15) is 10.1 Å². The summed E-state index contributed by atoms with van der Waals surface area (Å²) < 4.78 is 16.0. The van der Waals surface area contributed by atoms with Crippen molar-refractivity contribution in [3.05, 3.63) is 95.0 Å². The lowest BCUT2D eigenvalue weighted by Gasteiger charge is -2.29. The maximum atomic E-state index is 13.7. The van der Waals surface area contributed by atoms with E-state index in [2.05, 4.69) is 6.08 Å². The summed E-state index contributed by atoms with van der Waals surface area (Å²) in [5.74, 6) is 1.53. The average molecular weight is 494 g/mol. The zero-order chi connectivity index (χ0) is 25.8. The lowest BCUT2D eigenvalue weighted by atomic mass is 9.77. The number of hydrogen-bond donors (Lipinski definition) is 0. The predicted molar refractivity (Wildman–Crippen MR) is 141 cm³/mol. The Balaban J connectivity index is 1.56. The molecule has 0 spiro atoms. The molecule has 186 valence electrons. The zero-order valence-electron chi connectivity index (χ0n) is 20.8. The fourth-order valence-corrected chi connectivity index (χ4v) is 4.98. The number of nitrogens with zero attached hydrogens (tertiary/aromatic N) is 3. The number of methoxy groups -OCH3 is 2. The molecule has 1 aromatic heterocycles. The number of amides is 1. The number of nitriles is 1. The molecule has 0 N–H and O–H groups in total. The Hall–Kier alpha value is -4.57. The van der Waals surface area contributed by atoms with Gasteiger partial charge in [-0.15, -0.1) is 0 Å². The van der Waals surface area contributed by atoms with E-state index in [1.807, 2.05) is 54.6 Å². The van der Waals surface area contributed by atoms with Crippen molar-refractivity contribution >= 4 is 23.8 Å². The molecule has 0 radical (unpaired) electrons. The van der Waals surface area contributed by atoms with Crippen LogP contribution in [-0.4, -0.2) is 30.8 Å². The van der Waals surface area contributed by atoms with Gasteiger partial charge in [-0.2, -0.15) is 10.4 Å². The van der Waals surface area contributed by atoms with Crippen LogP contribution >= 0.6 is 0 Å². The van der Waals surface area contributed by atoms with Crippen LogP contribution in [0, 0.1) is 17.2 Å². The monoisotopic (exact) mass is 493 g/mol. The Morgan fingerprint density at radius 1 is 1.08 bits per heavy atom. The van der Waals surface area contributed by atoms with E-state index >= 15 is 0 Å². The van der Waals surface area contributed by atoms with E-state index in [-0.39, 0.29) is 17.5 Å². The van der Waals surface area contributed by atoms with Gasteiger partial charge in [0.2, 0.25) is 0 Å². The molecule has 0 unspecified atom stereocenters. The van der Waals surface area contributed by atoms with E-state index in [4.69, 9.17) is 19.0 Å². The first kappa shape index (κ1) is 24.1. The summed E-state index contributed by atoms with van der Waals surface area (Å²) in [4.78, 5) is 13.7. The molecule has 2 aromatic carbocycles. The number of hydrogen-bond acceptors (Lipinski definition) is 6. The van der Waals surface area contributed by atoms with E-state index < -0.39 is 5.91 Å². The second-order valence-corrected chi connectivity index (χ2v) is 8.98. The van der Waals surface area contributed by atoms with Gasteiger partial charge in [0.25, 0.3) is 5.91 Å². The molecule has 0 saturated heterocycles. The quantitative estimate of drug-likeness (QED) is 0.309. The third kappa shape index (κ3) is 4.91. The third-order valence-corrected chi connectivity index (χ3v) is 6.80. The number of ether oxygens (including phenoxy) is 2. The molecule has 1 fully saturated rings. The van der Waals surface area contributed by atoms with Crippen LogP contribution in [0.25, 0.3) is 12.2 Å². The van der Waals surface area contributed by atoms with Crippen LogP contribution in [0.5, 0.6) is 11.5 Å². The molecule has 5 rings (SSSR count). The molecular formula is C30H27N3O4. The highest BCUT2D eigenvalue weighted by atomic mass is 16.5. The topological polar surface area (TPSA) is 88.1 Å². The van der Waals surface area contributed by atoms with Crippen molar-refractivity contribution in [2.75, 3.05) is 14.2 Å². The van der Waals surface area contributed by atoms with Gasteiger partial charge in [-0.25, -0.2) is 5.01 Å². The van der Waals surface area contributed by atoms with Crippen molar-refractivity contribution < 1.29 is 18.7 Å². The molecule has 2 atom stereocenters. The van der Waals surface area contributed by atoms with Crippen LogP contribution in [0.2, 0.25) is 0 Å². The zero-order valence-corrected chi connectivity index (χ0v) is 20.8.